The lowest BCUT2D eigenvalue weighted by Gasteiger charge is -2.24. The zero-order valence-electron chi connectivity index (χ0n) is 21.2. The van der Waals surface area contributed by atoms with Gasteiger partial charge >= 0.3 is 5.97 Å². The molecule has 0 aliphatic heterocycles. The van der Waals surface area contributed by atoms with E-state index in [1.165, 1.54) is 0 Å². The predicted octanol–water partition coefficient (Wildman–Crippen LogP) is -0.541. The maximum Gasteiger partial charge on any atom is 0.326 e. The van der Waals surface area contributed by atoms with Crippen LogP contribution < -0.4 is 27.4 Å². The van der Waals surface area contributed by atoms with Crippen LogP contribution in [0.25, 0.3) is 0 Å². The van der Waals surface area contributed by atoms with Gasteiger partial charge in [0.1, 0.15) is 18.1 Å². The van der Waals surface area contributed by atoms with Gasteiger partial charge < -0.3 is 37.6 Å². The van der Waals surface area contributed by atoms with Crippen LogP contribution in [0.1, 0.15) is 30.4 Å². The van der Waals surface area contributed by atoms with Crippen LogP contribution in [-0.2, 0) is 32.0 Å². The van der Waals surface area contributed by atoms with Gasteiger partial charge in [0.2, 0.25) is 17.7 Å². The average molecular weight is 528 g/mol. The first-order valence-corrected chi connectivity index (χ1v) is 12.5. The van der Waals surface area contributed by atoms with Crippen LogP contribution >= 0.6 is 0 Å². The molecule has 206 valence electrons. The molecule has 38 heavy (non-hydrogen) atoms. The summed E-state index contributed by atoms with van der Waals surface area (Å²) in [6, 6.07) is 13.3. The monoisotopic (exact) mass is 527 g/mol. The van der Waals surface area contributed by atoms with E-state index < -0.39 is 54.5 Å². The van der Waals surface area contributed by atoms with Gasteiger partial charge in [-0.05, 0) is 43.4 Å². The molecule has 4 atom stereocenters. The van der Waals surface area contributed by atoms with Crippen molar-refractivity contribution in [3.8, 4) is 0 Å². The van der Waals surface area contributed by atoms with Crippen LogP contribution in [0, 0.1) is 0 Å². The number of hydrogen-bond donors (Lipinski definition) is 7. The van der Waals surface area contributed by atoms with Gasteiger partial charge in [-0.1, -0.05) is 60.7 Å². The lowest BCUT2D eigenvalue weighted by molar-refractivity contribution is -0.142. The van der Waals surface area contributed by atoms with Crippen molar-refractivity contribution in [2.75, 3.05) is 13.2 Å². The highest BCUT2D eigenvalue weighted by molar-refractivity contribution is 5.94. The Labute approximate surface area is 222 Å². The summed E-state index contributed by atoms with van der Waals surface area (Å²) in [6.45, 7) is -0.346. The Morgan fingerprint density at radius 1 is 0.711 bits per heavy atom. The third-order valence-electron chi connectivity index (χ3n) is 5.93. The molecular formula is C27H37N5O6. The number of carboxylic acids is 1. The zero-order chi connectivity index (χ0) is 27.9. The minimum atomic E-state index is -1.35. The highest BCUT2D eigenvalue weighted by Crippen LogP contribution is 2.07. The number of nitrogens with one attached hydrogen (secondary N) is 3. The van der Waals surface area contributed by atoms with Gasteiger partial charge in [-0.15, -0.1) is 0 Å². The Morgan fingerprint density at radius 2 is 1.21 bits per heavy atom. The van der Waals surface area contributed by atoms with Crippen LogP contribution in [0.3, 0.4) is 0 Å². The molecule has 0 bridgehead atoms. The number of carbonyl (C=O) groups excluding carboxylic acids is 3. The van der Waals surface area contributed by atoms with Gasteiger partial charge in [0.25, 0.3) is 0 Å². The van der Waals surface area contributed by atoms with Crippen molar-refractivity contribution in [2.24, 2.45) is 11.5 Å². The smallest absolute Gasteiger partial charge is 0.326 e. The average Bonchev–Trinajstić information content (AvgIpc) is 2.91. The summed E-state index contributed by atoms with van der Waals surface area (Å²) >= 11 is 0. The Bertz CT molecular complexity index is 1040. The van der Waals surface area contributed by atoms with E-state index in [4.69, 9.17) is 11.5 Å². The van der Waals surface area contributed by atoms with E-state index in [0.29, 0.717) is 19.4 Å². The summed E-state index contributed by atoms with van der Waals surface area (Å²) in [6.07, 6.45) is 1.55. The number of aliphatic hydroxyl groups is 1. The van der Waals surface area contributed by atoms with E-state index in [0.717, 1.165) is 11.1 Å². The van der Waals surface area contributed by atoms with Gasteiger partial charge in [-0.25, -0.2) is 4.79 Å². The number of aliphatic carboxylic acids is 1. The number of carboxylic acid groups (broad SMARTS) is 1. The minimum absolute atomic E-state index is 0.0556. The summed E-state index contributed by atoms with van der Waals surface area (Å²) < 4.78 is 0. The van der Waals surface area contributed by atoms with Crippen LogP contribution in [-0.4, -0.2) is 71.2 Å². The second kappa shape index (κ2) is 16.1. The highest BCUT2D eigenvalue weighted by atomic mass is 16.4. The number of unbranched alkanes of at least 4 members (excludes halogenated alkanes) is 1. The number of aliphatic hydroxyl groups excluding tert-OH is 1. The second-order valence-corrected chi connectivity index (χ2v) is 8.97. The highest BCUT2D eigenvalue weighted by Gasteiger charge is 2.30. The second-order valence-electron chi connectivity index (χ2n) is 8.97. The van der Waals surface area contributed by atoms with Gasteiger partial charge in [0.05, 0.1) is 12.6 Å². The molecule has 0 aliphatic carbocycles. The molecule has 2 aromatic rings. The lowest BCUT2D eigenvalue weighted by atomic mass is 10.0. The SMILES string of the molecule is NCCCCC(NC(=O)C(CO)NC(=O)C(N)Cc1ccccc1)C(=O)NC(Cc1ccccc1)C(=O)O. The standard InChI is InChI=1S/C27H37N5O6/c28-14-8-7-13-21(25(35)31-22(27(37)38)16-19-11-5-2-6-12-19)30-26(36)23(17-33)32-24(34)20(29)15-18-9-3-1-4-10-18/h1-6,9-12,20-23,33H,7-8,13-17,28-29H2,(H,30,36)(H,31,35)(H,32,34)(H,37,38). The summed E-state index contributed by atoms with van der Waals surface area (Å²) in [5, 5.41) is 26.8. The fourth-order valence-electron chi connectivity index (χ4n) is 3.79. The molecule has 2 rings (SSSR count). The molecule has 2 aromatic carbocycles. The molecule has 0 saturated heterocycles. The first-order chi connectivity index (χ1) is 18.2. The summed E-state index contributed by atoms with van der Waals surface area (Å²) in [4.78, 5) is 50.3. The quantitative estimate of drug-likeness (QED) is 0.141. The molecule has 3 amide bonds. The third-order valence-corrected chi connectivity index (χ3v) is 5.93. The molecule has 0 heterocycles. The Balaban J connectivity index is 2.04. The molecule has 0 fully saturated rings. The Morgan fingerprint density at radius 3 is 1.74 bits per heavy atom. The molecule has 9 N–H and O–H groups in total. The van der Waals surface area contributed by atoms with Crippen molar-refractivity contribution in [2.45, 2.75) is 56.3 Å². The molecule has 0 spiro atoms. The summed E-state index contributed by atoms with van der Waals surface area (Å²) in [5.74, 6) is -3.35. The fraction of sp³-hybridized carbons (Fsp3) is 0.407. The normalized spacial score (nSPS) is 14.0. The summed E-state index contributed by atoms with van der Waals surface area (Å²) in [7, 11) is 0. The molecule has 11 nitrogen and oxygen atoms in total. The number of amides is 3. The minimum Gasteiger partial charge on any atom is -0.480 e. The molecule has 0 aliphatic rings. The topological polar surface area (TPSA) is 197 Å². The van der Waals surface area contributed by atoms with Crippen molar-refractivity contribution < 1.29 is 29.4 Å². The first kappa shape index (κ1) is 30.4. The number of nitrogens with two attached hydrogens (primary N) is 2. The van der Waals surface area contributed by atoms with E-state index in [1.54, 1.807) is 30.3 Å². The number of benzene rings is 2. The van der Waals surface area contributed by atoms with E-state index in [-0.39, 0.29) is 19.3 Å². The largest absolute Gasteiger partial charge is 0.480 e. The van der Waals surface area contributed by atoms with Crippen LogP contribution in [0.2, 0.25) is 0 Å². The fourth-order valence-corrected chi connectivity index (χ4v) is 3.79. The first-order valence-electron chi connectivity index (χ1n) is 12.5. The molecule has 0 radical (unpaired) electrons. The molecule has 0 aromatic heterocycles. The molecule has 0 saturated carbocycles. The van der Waals surface area contributed by atoms with Crippen molar-refractivity contribution in [3.63, 3.8) is 0 Å². The number of rotatable bonds is 16. The zero-order valence-corrected chi connectivity index (χ0v) is 21.2. The van der Waals surface area contributed by atoms with Crippen LogP contribution in [0.5, 0.6) is 0 Å². The van der Waals surface area contributed by atoms with Crippen LogP contribution in [0.15, 0.2) is 60.7 Å². The number of hydrogen-bond acceptors (Lipinski definition) is 7. The lowest BCUT2D eigenvalue weighted by Crippen LogP contribution is -2.58. The van der Waals surface area contributed by atoms with E-state index in [9.17, 15) is 29.4 Å². The predicted molar refractivity (Wildman–Crippen MR) is 142 cm³/mol. The third kappa shape index (κ3) is 10.3. The van der Waals surface area contributed by atoms with Crippen molar-refractivity contribution in [1.82, 2.24) is 16.0 Å². The van der Waals surface area contributed by atoms with E-state index in [2.05, 4.69) is 16.0 Å². The Hall–Kier alpha value is -3.80. The summed E-state index contributed by atoms with van der Waals surface area (Å²) in [5.41, 5.74) is 13.1. The van der Waals surface area contributed by atoms with Gasteiger partial charge in [-0.2, -0.15) is 0 Å². The maximum atomic E-state index is 13.0. The van der Waals surface area contributed by atoms with Gasteiger partial charge in [-0.3, -0.25) is 14.4 Å². The van der Waals surface area contributed by atoms with Gasteiger partial charge in [0, 0.05) is 6.42 Å². The van der Waals surface area contributed by atoms with Gasteiger partial charge in [0.15, 0.2) is 0 Å². The maximum absolute atomic E-state index is 13.0. The molecular weight excluding hydrogens is 490 g/mol. The van der Waals surface area contributed by atoms with Crippen LogP contribution in [0.4, 0.5) is 0 Å². The van der Waals surface area contributed by atoms with E-state index in [1.807, 2.05) is 30.3 Å². The van der Waals surface area contributed by atoms with Crippen molar-refractivity contribution in [3.05, 3.63) is 71.8 Å². The van der Waals surface area contributed by atoms with E-state index >= 15 is 0 Å². The number of carbonyl (C=O) groups is 4. The molecule has 11 heteroatoms. The van der Waals surface area contributed by atoms with Crippen molar-refractivity contribution >= 4 is 23.7 Å². The van der Waals surface area contributed by atoms with Crippen molar-refractivity contribution in [1.29, 1.82) is 0 Å². The molecule has 4 unspecified atom stereocenters. The Kier molecular flexibility index (Phi) is 12.9.